The highest BCUT2D eigenvalue weighted by Crippen LogP contribution is 2.38. The first-order valence-corrected chi connectivity index (χ1v) is 11.6. The standard InChI is InChI=1S/C27H35N3O/c1-17(2)25-22-15-21(27(4,5)24(31)9-6-19-10-12-28-16-19)7-8-23(22)30-26(25)20-11-13-29-18(3)14-20/h7-8,11,13-15,17,19,28,30H,6,9-10,12,16H2,1-5H3/t19-/m0/s1. The van der Waals surface area contributed by atoms with Gasteiger partial charge in [0.05, 0.1) is 5.69 Å². The lowest BCUT2D eigenvalue weighted by molar-refractivity contribution is -0.123. The Labute approximate surface area is 185 Å². The highest BCUT2D eigenvalue weighted by molar-refractivity contribution is 5.95. The SMILES string of the molecule is Cc1cc(-c2[nH]c3ccc(C(C)(C)C(=O)CC[C@H]4CCNC4)cc3c2C(C)C)ccn1. The van der Waals surface area contributed by atoms with Crippen molar-refractivity contribution in [1.29, 1.82) is 0 Å². The number of aromatic nitrogens is 2. The molecule has 3 aromatic rings. The van der Waals surface area contributed by atoms with E-state index >= 15 is 0 Å². The van der Waals surface area contributed by atoms with E-state index in [0.717, 1.165) is 47.5 Å². The number of Topliss-reactive ketones (excluding diaryl/α,β-unsaturated/α-hetero) is 1. The van der Waals surface area contributed by atoms with Crippen LogP contribution in [0, 0.1) is 12.8 Å². The van der Waals surface area contributed by atoms with Gasteiger partial charge >= 0.3 is 0 Å². The van der Waals surface area contributed by atoms with Crippen molar-refractivity contribution >= 4 is 16.7 Å². The Morgan fingerprint density at radius 2 is 2.03 bits per heavy atom. The van der Waals surface area contributed by atoms with Crippen LogP contribution in [0.25, 0.3) is 22.2 Å². The van der Waals surface area contributed by atoms with Crippen LogP contribution >= 0.6 is 0 Å². The van der Waals surface area contributed by atoms with Gasteiger partial charge in [-0.1, -0.05) is 19.9 Å². The molecule has 1 fully saturated rings. The molecule has 4 nitrogen and oxygen atoms in total. The number of pyridine rings is 1. The van der Waals surface area contributed by atoms with Crippen LogP contribution in [-0.4, -0.2) is 28.8 Å². The molecule has 164 valence electrons. The van der Waals surface area contributed by atoms with Gasteiger partial charge in [0.15, 0.2) is 0 Å². The van der Waals surface area contributed by atoms with Crippen molar-refractivity contribution in [2.75, 3.05) is 13.1 Å². The van der Waals surface area contributed by atoms with Gasteiger partial charge in [-0.25, -0.2) is 0 Å². The van der Waals surface area contributed by atoms with Gasteiger partial charge in [0.25, 0.3) is 0 Å². The number of aryl methyl sites for hydroxylation is 1. The molecule has 1 aromatic carbocycles. The minimum absolute atomic E-state index is 0.338. The highest BCUT2D eigenvalue weighted by atomic mass is 16.1. The topological polar surface area (TPSA) is 57.8 Å². The van der Waals surface area contributed by atoms with Gasteiger partial charge in [-0.15, -0.1) is 0 Å². The second-order valence-corrected chi connectivity index (χ2v) is 9.96. The van der Waals surface area contributed by atoms with E-state index in [1.165, 1.54) is 17.4 Å². The lowest BCUT2D eigenvalue weighted by Crippen LogP contribution is -2.29. The Morgan fingerprint density at radius 3 is 2.71 bits per heavy atom. The monoisotopic (exact) mass is 417 g/mol. The van der Waals surface area contributed by atoms with Gasteiger partial charge in [-0.3, -0.25) is 9.78 Å². The lowest BCUT2D eigenvalue weighted by atomic mass is 9.77. The summed E-state index contributed by atoms with van der Waals surface area (Å²) >= 11 is 0. The third-order valence-corrected chi connectivity index (χ3v) is 6.96. The molecule has 31 heavy (non-hydrogen) atoms. The van der Waals surface area contributed by atoms with E-state index in [9.17, 15) is 4.79 Å². The number of nitrogens with one attached hydrogen (secondary N) is 2. The van der Waals surface area contributed by atoms with E-state index in [1.807, 2.05) is 13.1 Å². The van der Waals surface area contributed by atoms with Crippen LogP contribution in [0.1, 0.15) is 69.7 Å². The number of aromatic amines is 1. The number of rotatable bonds is 7. The Morgan fingerprint density at radius 1 is 1.23 bits per heavy atom. The Kier molecular flexibility index (Phi) is 6.02. The molecule has 3 heterocycles. The van der Waals surface area contributed by atoms with Gasteiger partial charge in [-0.05, 0) is 93.9 Å². The van der Waals surface area contributed by atoms with Crippen molar-refractivity contribution in [3.63, 3.8) is 0 Å². The first kappa shape index (κ1) is 21.8. The second-order valence-electron chi connectivity index (χ2n) is 9.96. The number of carbonyl (C=O) groups is 1. The van der Waals surface area contributed by atoms with E-state index in [4.69, 9.17) is 0 Å². The molecule has 1 saturated heterocycles. The average Bonchev–Trinajstić information content (AvgIpc) is 3.38. The molecule has 0 bridgehead atoms. The molecular formula is C27H35N3O. The summed E-state index contributed by atoms with van der Waals surface area (Å²) in [5, 5.41) is 4.62. The Bertz CT molecular complexity index is 1090. The van der Waals surface area contributed by atoms with E-state index < -0.39 is 5.41 Å². The van der Waals surface area contributed by atoms with Crippen LogP contribution < -0.4 is 5.32 Å². The van der Waals surface area contributed by atoms with Crippen LogP contribution in [0.4, 0.5) is 0 Å². The van der Waals surface area contributed by atoms with Crippen molar-refractivity contribution < 1.29 is 4.79 Å². The summed E-state index contributed by atoms with van der Waals surface area (Å²) in [4.78, 5) is 21.2. The number of nitrogens with zero attached hydrogens (tertiary/aromatic N) is 1. The summed E-state index contributed by atoms with van der Waals surface area (Å²) in [5.74, 6) is 1.34. The minimum atomic E-state index is -0.487. The third kappa shape index (κ3) is 4.31. The van der Waals surface area contributed by atoms with Crippen LogP contribution in [-0.2, 0) is 10.2 Å². The largest absolute Gasteiger partial charge is 0.354 e. The molecule has 0 spiro atoms. The number of benzene rings is 1. The number of carbonyl (C=O) groups excluding carboxylic acids is 1. The summed E-state index contributed by atoms with van der Waals surface area (Å²) in [6.45, 7) is 12.8. The highest BCUT2D eigenvalue weighted by Gasteiger charge is 2.31. The van der Waals surface area contributed by atoms with E-state index in [2.05, 4.69) is 73.3 Å². The van der Waals surface area contributed by atoms with Crippen LogP contribution in [0.3, 0.4) is 0 Å². The van der Waals surface area contributed by atoms with E-state index in [-0.39, 0.29) is 0 Å². The van der Waals surface area contributed by atoms with Crippen molar-refractivity contribution in [3.8, 4) is 11.3 Å². The zero-order valence-electron chi connectivity index (χ0n) is 19.5. The molecule has 4 rings (SSSR count). The number of hydrogen-bond donors (Lipinski definition) is 2. The molecule has 1 aliphatic heterocycles. The van der Waals surface area contributed by atoms with Crippen molar-refractivity contribution in [3.05, 3.63) is 53.3 Å². The molecule has 1 aliphatic rings. The first-order valence-electron chi connectivity index (χ1n) is 11.6. The first-order chi connectivity index (χ1) is 14.8. The Balaban J connectivity index is 1.69. The summed E-state index contributed by atoms with van der Waals surface area (Å²) < 4.78 is 0. The zero-order chi connectivity index (χ0) is 22.2. The molecule has 0 aliphatic carbocycles. The molecule has 2 aromatic heterocycles. The minimum Gasteiger partial charge on any atom is -0.354 e. The number of H-pyrrole nitrogens is 1. The molecule has 0 saturated carbocycles. The number of fused-ring (bicyclic) bond motifs is 1. The van der Waals surface area contributed by atoms with Gasteiger partial charge in [-0.2, -0.15) is 0 Å². The lowest BCUT2D eigenvalue weighted by Gasteiger charge is -2.25. The fourth-order valence-electron chi connectivity index (χ4n) is 4.90. The molecule has 0 amide bonds. The predicted molar refractivity (Wildman–Crippen MR) is 129 cm³/mol. The molecule has 4 heteroatoms. The van der Waals surface area contributed by atoms with Gasteiger partial charge in [0.2, 0.25) is 0 Å². The number of ketones is 1. The maximum Gasteiger partial charge on any atom is 0.142 e. The number of hydrogen-bond acceptors (Lipinski definition) is 3. The Hall–Kier alpha value is -2.46. The van der Waals surface area contributed by atoms with Crippen LogP contribution in [0.5, 0.6) is 0 Å². The van der Waals surface area contributed by atoms with Crippen molar-refractivity contribution in [2.24, 2.45) is 5.92 Å². The summed E-state index contributed by atoms with van der Waals surface area (Å²) in [6.07, 6.45) is 4.71. The fraction of sp³-hybridized carbons (Fsp3) is 0.481. The van der Waals surface area contributed by atoms with Gasteiger partial charge in [0, 0.05) is 40.2 Å². The third-order valence-electron chi connectivity index (χ3n) is 6.96. The fourth-order valence-corrected chi connectivity index (χ4v) is 4.90. The van der Waals surface area contributed by atoms with E-state index in [0.29, 0.717) is 24.0 Å². The van der Waals surface area contributed by atoms with Crippen LogP contribution in [0.15, 0.2) is 36.5 Å². The quantitative estimate of drug-likeness (QED) is 0.503. The molecule has 0 radical (unpaired) electrons. The smallest absolute Gasteiger partial charge is 0.142 e. The van der Waals surface area contributed by atoms with Gasteiger partial charge < -0.3 is 10.3 Å². The average molecular weight is 418 g/mol. The molecule has 2 N–H and O–H groups in total. The summed E-state index contributed by atoms with van der Waals surface area (Å²) in [7, 11) is 0. The van der Waals surface area contributed by atoms with Crippen molar-refractivity contribution in [1.82, 2.24) is 15.3 Å². The maximum absolute atomic E-state index is 13.2. The zero-order valence-corrected chi connectivity index (χ0v) is 19.5. The van der Waals surface area contributed by atoms with Crippen molar-refractivity contribution in [2.45, 2.75) is 65.2 Å². The normalized spacial score (nSPS) is 17.0. The van der Waals surface area contributed by atoms with E-state index in [1.54, 1.807) is 0 Å². The van der Waals surface area contributed by atoms with Gasteiger partial charge in [0.1, 0.15) is 5.78 Å². The van der Waals surface area contributed by atoms with Crippen LogP contribution in [0.2, 0.25) is 0 Å². The summed E-state index contributed by atoms with van der Waals surface area (Å²) in [5.41, 5.74) is 6.38. The predicted octanol–water partition coefficient (Wildman–Crippen LogP) is 5.90. The summed E-state index contributed by atoms with van der Waals surface area (Å²) in [6, 6.07) is 10.7. The molecule has 1 atom stereocenters. The molecular weight excluding hydrogens is 382 g/mol. The second kappa shape index (κ2) is 8.58. The maximum atomic E-state index is 13.2. The molecule has 0 unspecified atom stereocenters.